The van der Waals surface area contributed by atoms with E-state index in [0.717, 1.165) is 38.2 Å². The van der Waals surface area contributed by atoms with Crippen molar-refractivity contribution in [3.8, 4) is 0 Å². The smallest absolute Gasteiger partial charge is 0.417 e. The SMILES string of the molecule is CCOC(=O)c1c(C(F)(F)F)cc(C2CCCCC2)nc1C. The Kier molecular flexibility index (Phi) is 5.08. The van der Waals surface area contributed by atoms with Gasteiger partial charge in [0.1, 0.15) is 0 Å². The van der Waals surface area contributed by atoms with Gasteiger partial charge >= 0.3 is 12.1 Å². The lowest BCUT2D eigenvalue weighted by Crippen LogP contribution is -2.20. The highest BCUT2D eigenvalue weighted by Gasteiger charge is 2.38. The van der Waals surface area contributed by atoms with Crippen molar-refractivity contribution < 1.29 is 22.7 Å². The topological polar surface area (TPSA) is 39.2 Å². The highest BCUT2D eigenvalue weighted by atomic mass is 19.4. The van der Waals surface area contributed by atoms with Gasteiger partial charge in [0.15, 0.2) is 0 Å². The summed E-state index contributed by atoms with van der Waals surface area (Å²) in [6.07, 6.45) is 0.228. The van der Waals surface area contributed by atoms with E-state index in [1.54, 1.807) is 6.92 Å². The average Bonchev–Trinajstić information content (AvgIpc) is 2.46. The van der Waals surface area contributed by atoms with E-state index in [9.17, 15) is 18.0 Å². The number of halogens is 3. The number of aryl methyl sites for hydroxylation is 1. The van der Waals surface area contributed by atoms with E-state index in [2.05, 4.69) is 4.98 Å². The summed E-state index contributed by atoms with van der Waals surface area (Å²) in [6.45, 7) is 3.03. The molecule has 2 rings (SSSR count). The van der Waals surface area contributed by atoms with Crippen molar-refractivity contribution in [2.75, 3.05) is 6.61 Å². The van der Waals surface area contributed by atoms with E-state index in [0.29, 0.717) is 5.69 Å². The average molecular weight is 315 g/mol. The molecule has 1 aliphatic rings. The second-order valence-electron chi connectivity index (χ2n) is 5.61. The van der Waals surface area contributed by atoms with Gasteiger partial charge in [0.05, 0.1) is 23.4 Å². The van der Waals surface area contributed by atoms with E-state index < -0.39 is 23.3 Å². The zero-order valence-corrected chi connectivity index (χ0v) is 12.8. The molecule has 0 atom stereocenters. The second-order valence-corrected chi connectivity index (χ2v) is 5.61. The highest BCUT2D eigenvalue weighted by molar-refractivity contribution is 5.92. The maximum atomic E-state index is 13.3. The highest BCUT2D eigenvalue weighted by Crippen LogP contribution is 2.38. The lowest BCUT2D eigenvalue weighted by Gasteiger charge is -2.23. The van der Waals surface area contributed by atoms with Crippen LogP contribution in [0.3, 0.4) is 0 Å². The standard InChI is InChI=1S/C16H20F3NO2/c1-3-22-15(21)14-10(2)20-13(9-12(14)16(17,18)19)11-7-5-4-6-8-11/h9,11H,3-8H2,1-2H3. The number of aromatic nitrogens is 1. The number of carbonyl (C=O) groups is 1. The summed E-state index contributed by atoms with van der Waals surface area (Å²) in [6, 6.07) is 1.04. The number of hydrogen-bond acceptors (Lipinski definition) is 3. The molecule has 0 unspecified atom stereocenters. The Morgan fingerprint density at radius 2 is 1.95 bits per heavy atom. The first kappa shape index (κ1) is 16.8. The fraction of sp³-hybridized carbons (Fsp3) is 0.625. The Bertz CT molecular complexity index is 549. The fourth-order valence-corrected chi connectivity index (χ4v) is 2.99. The van der Waals surface area contributed by atoms with Crippen LogP contribution in [0.5, 0.6) is 0 Å². The summed E-state index contributed by atoms with van der Waals surface area (Å²) >= 11 is 0. The molecular formula is C16H20F3NO2. The molecule has 0 aromatic carbocycles. The third-order valence-corrected chi connectivity index (χ3v) is 4.03. The van der Waals surface area contributed by atoms with E-state index in [4.69, 9.17) is 4.74 Å². The molecule has 1 heterocycles. The van der Waals surface area contributed by atoms with Crippen LogP contribution in [0.2, 0.25) is 0 Å². The van der Waals surface area contributed by atoms with Gasteiger partial charge in [0.25, 0.3) is 0 Å². The molecule has 22 heavy (non-hydrogen) atoms. The van der Waals surface area contributed by atoms with Crippen molar-refractivity contribution in [3.63, 3.8) is 0 Å². The van der Waals surface area contributed by atoms with Crippen LogP contribution in [0.1, 0.15) is 72.3 Å². The molecule has 1 aromatic heterocycles. The summed E-state index contributed by atoms with van der Waals surface area (Å²) in [5.74, 6) is -0.917. The number of alkyl halides is 3. The van der Waals surface area contributed by atoms with Crippen molar-refractivity contribution in [1.29, 1.82) is 0 Å². The minimum atomic E-state index is -4.60. The molecule has 0 bridgehead atoms. The van der Waals surface area contributed by atoms with Crippen molar-refractivity contribution in [3.05, 3.63) is 28.6 Å². The van der Waals surface area contributed by atoms with Crippen LogP contribution in [0.4, 0.5) is 13.2 Å². The number of esters is 1. The number of pyridine rings is 1. The number of rotatable bonds is 3. The van der Waals surface area contributed by atoms with Gasteiger partial charge in [-0.05, 0) is 32.8 Å². The molecule has 0 saturated heterocycles. The molecule has 122 valence electrons. The van der Waals surface area contributed by atoms with E-state index in [1.807, 2.05) is 0 Å². The zero-order valence-electron chi connectivity index (χ0n) is 12.8. The van der Waals surface area contributed by atoms with Crippen LogP contribution >= 0.6 is 0 Å². The maximum Gasteiger partial charge on any atom is 0.417 e. The number of nitrogens with zero attached hydrogens (tertiary/aromatic N) is 1. The predicted molar refractivity (Wildman–Crippen MR) is 75.8 cm³/mol. The van der Waals surface area contributed by atoms with Crippen molar-refractivity contribution in [1.82, 2.24) is 4.98 Å². The van der Waals surface area contributed by atoms with Gasteiger partial charge in [-0.25, -0.2) is 4.79 Å². The zero-order chi connectivity index (χ0) is 16.3. The van der Waals surface area contributed by atoms with Gasteiger partial charge in [-0.15, -0.1) is 0 Å². The number of hydrogen-bond donors (Lipinski definition) is 0. The normalized spacial score (nSPS) is 16.6. The fourth-order valence-electron chi connectivity index (χ4n) is 2.99. The monoisotopic (exact) mass is 315 g/mol. The molecule has 0 N–H and O–H groups in total. The molecule has 1 fully saturated rings. The molecule has 0 spiro atoms. The third-order valence-electron chi connectivity index (χ3n) is 4.03. The Morgan fingerprint density at radius 1 is 1.32 bits per heavy atom. The quantitative estimate of drug-likeness (QED) is 0.763. The van der Waals surface area contributed by atoms with Crippen LogP contribution in [0, 0.1) is 6.92 Å². The van der Waals surface area contributed by atoms with E-state index in [-0.39, 0.29) is 18.2 Å². The number of ether oxygens (including phenoxy) is 1. The van der Waals surface area contributed by atoms with Crippen molar-refractivity contribution >= 4 is 5.97 Å². The lowest BCUT2D eigenvalue weighted by molar-refractivity contribution is -0.138. The van der Waals surface area contributed by atoms with Gasteiger partial charge in [-0.2, -0.15) is 13.2 Å². The van der Waals surface area contributed by atoms with Gasteiger partial charge in [-0.1, -0.05) is 19.3 Å². The Hall–Kier alpha value is -1.59. The molecular weight excluding hydrogens is 295 g/mol. The Balaban J connectivity index is 2.48. The first-order valence-electron chi connectivity index (χ1n) is 7.60. The maximum absolute atomic E-state index is 13.3. The predicted octanol–water partition coefficient (Wildman–Crippen LogP) is 4.63. The van der Waals surface area contributed by atoms with Crippen LogP contribution < -0.4 is 0 Å². The van der Waals surface area contributed by atoms with Gasteiger partial charge in [-0.3, -0.25) is 4.98 Å². The van der Waals surface area contributed by atoms with Gasteiger partial charge in [0.2, 0.25) is 0 Å². The summed E-state index contributed by atoms with van der Waals surface area (Å²) in [7, 11) is 0. The summed E-state index contributed by atoms with van der Waals surface area (Å²) in [5, 5.41) is 0. The summed E-state index contributed by atoms with van der Waals surface area (Å²) in [5.41, 5.74) is -0.862. The second kappa shape index (κ2) is 6.67. The van der Waals surface area contributed by atoms with E-state index >= 15 is 0 Å². The third kappa shape index (κ3) is 3.59. The minimum absolute atomic E-state index is 0.0277. The largest absolute Gasteiger partial charge is 0.462 e. The molecule has 0 amide bonds. The first-order valence-corrected chi connectivity index (χ1v) is 7.60. The molecule has 0 radical (unpaired) electrons. The molecule has 1 saturated carbocycles. The van der Waals surface area contributed by atoms with E-state index in [1.165, 1.54) is 6.92 Å². The Morgan fingerprint density at radius 3 is 2.50 bits per heavy atom. The molecule has 1 aromatic rings. The Labute approximate surface area is 127 Å². The van der Waals surface area contributed by atoms with Crippen molar-refractivity contribution in [2.24, 2.45) is 0 Å². The molecule has 1 aliphatic carbocycles. The molecule has 6 heteroatoms. The first-order chi connectivity index (χ1) is 10.3. The lowest BCUT2D eigenvalue weighted by atomic mass is 9.85. The molecule has 3 nitrogen and oxygen atoms in total. The number of carbonyl (C=O) groups excluding carboxylic acids is 1. The summed E-state index contributed by atoms with van der Waals surface area (Å²) < 4.78 is 44.8. The minimum Gasteiger partial charge on any atom is -0.462 e. The van der Waals surface area contributed by atoms with Crippen LogP contribution in [0.15, 0.2) is 6.07 Å². The van der Waals surface area contributed by atoms with Gasteiger partial charge < -0.3 is 4.74 Å². The van der Waals surface area contributed by atoms with Crippen LogP contribution in [-0.2, 0) is 10.9 Å². The van der Waals surface area contributed by atoms with Crippen LogP contribution in [0.25, 0.3) is 0 Å². The van der Waals surface area contributed by atoms with Crippen molar-refractivity contribution in [2.45, 2.75) is 58.0 Å². The summed E-state index contributed by atoms with van der Waals surface area (Å²) in [4.78, 5) is 16.1. The molecule has 0 aliphatic heterocycles. The van der Waals surface area contributed by atoms with Gasteiger partial charge in [0, 0.05) is 11.6 Å². The van der Waals surface area contributed by atoms with Crippen LogP contribution in [-0.4, -0.2) is 17.6 Å².